The Hall–Kier alpha value is -2.87. The molecule has 2 heterocycles. The Morgan fingerprint density at radius 3 is 2.62 bits per heavy atom. The Kier molecular flexibility index (Phi) is 5.27. The first-order chi connectivity index (χ1) is 14.1. The summed E-state index contributed by atoms with van der Waals surface area (Å²) >= 11 is 0. The van der Waals surface area contributed by atoms with Gasteiger partial charge in [0.1, 0.15) is 11.4 Å². The summed E-state index contributed by atoms with van der Waals surface area (Å²) in [5.74, 6) is 0.644. The Labute approximate surface area is 169 Å². The third kappa shape index (κ3) is 3.85. The van der Waals surface area contributed by atoms with E-state index in [1.165, 1.54) is 0 Å². The number of fused-ring (bicyclic) bond motifs is 1. The predicted molar refractivity (Wildman–Crippen MR) is 106 cm³/mol. The van der Waals surface area contributed by atoms with Gasteiger partial charge in [0.2, 0.25) is 5.91 Å². The second-order valence-corrected chi connectivity index (χ2v) is 7.64. The number of aromatic nitrogens is 2. The summed E-state index contributed by atoms with van der Waals surface area (Å²) in [6, 6.07) is 9.52. The quantitative estimate of drug-likeness (QED) is 0.648. The lowest BCUT2D eigenvalue weighted by Gasteiger charge is -2.19. The number of rotatable bonds is 8. The Bertz CT molecular complexity index is 878. The van der Waals surface area contributed by atoms with Crippen LogP contribution in [0.15, 0.2) is 30.3 Å². The summed E-state index contributed by atoms with van der Waals surface area (Å²) in [5.41, 5.74) is 1.96. The normalized spacial score (nSPS) is 18.8. The third-order valence-electron chi connectivity index (χ3n) is 5.70. The Morgan fingerprint density at radius 1 is 1.24 bits per heavy atom. The van der Waals surface area contributed by atoms with Crippen LogP contribution in [0.1, 0.15) is 34.6 Å². The van der Waals surface area contributed by atoms with Crippen molar-refractivity contribution in [3.05, 3.63) is 47.3 Å². The zero-order valence-corrected chi connectivity index (χ0v) is 16.7. The highest BCUT2D eigenvalue weighted by Gasteiger charge is 2.51. The van der Waals surface area contributed by atoms with Crippen molar-refractivity contribution in [2.45, 2.75) is 37.3 Å². The molecule has 1 aliphatic heterocycles. The molecule has 8 heteroatoms. The second kappa shape index (κ2) is 7.87. The number of carbonyl (C=O) groups excluding carboxylic acids is 2. The van der Waals surface area contributed by atoms with Crippen molar-refractivity contribution in [2.75, 3.05) is 27.4 Å². The number of hydrogen-bond donors (Lipinski definition) is 2. The number of nitrogens with one attached hydrogen (secondary N) is 2. The van der Waals surface area contributed by atoms with E-state index in [1.54, 1.807) is 20.3 Å². The van der Waals surface area contributed by atoms with Gasteiger partial charge in [0.05, 0.1) is 31.7 Å². The summed E-state index contributed by atoms with van der Waals surface area (Å²) in [4.78, 5) is 25.1. The highest BCUT2D eigenvalue weighted by Crippen LogP contribution is 2.48. The average Bonchev–Trinajstić information content (AvgIpc) is 3.32. The fourth-order valence-corrected chi connectivity index (χ4v) is 3.87. The molecule has 1 aliphatic carbocycles. The SMILES string of the molecule is COCCNC(=O)c1cc2n(n1)C[C@@H](NC(=O)C1(c3ccc(OC)cc3)CC1)C2. The van der Waals surface area contributed by atoms with Gasteiger partial charge in [0.25, 0.3) is 5.91 Å². The maximum atomic E-state index is 13.0. The van der Waals surface area contributed by atoms with E-state index in [0.717, 1.165) is 29.8 Å². The topological polar surface area (TPSA) is 94.5 Å². The van der Waals surface area contributed by atoms with Gasteiger partial charge in [-0.1, -0.05) is 12.1 Å². The molecule has 29 heavy (non-hydrogen) atoms. The van der Waals surface area contributed by atoms with Crippen LogP contribution < -0.4 is 15.4 Å². The monoisotopic (exact) mass is 398 g/mol. The first kappa shape index (κ1) is 19.4. The van der Waals surface area contributed by atoms with E-state index in [1.807, 2.05) is 28.9 Å². The molecule has 2 aliphatic rings. The van der Waals surface area contributed by atoms with Crippen molar-refractivity contribution in [3.8, 4) is 5.75 Å². The number of methoxy groups -OCH3 is 2. The molecule has 2 aromatic rings. The van der Waals surface area contributed by atoms with E-state index in [0.29, 0.717) is 31.8 Å². The highest BCUT2D eigenvalue weighted by atomic mass is 16.5. The maximum absolute atomic E-state index is 13.0. The van der Waals surface area contributed by atoms with Gasteiger partial charge in [-0.2, -0.15) is 5.10 Å². The molecule has 1 saturated carbocycles. The van der Waals surface area contributed by atoms with Gasteiger partial charge in [0, 0.05) is 25.8 Å². The smallest absolute Gasteiger partial charge is 0.271 e. The van der Waals surface area contributed by atoms with Crippen LogP contribution in [0.25, 0.3) is 0 Å². The third-order valence-corrected chi connectivity index (χ3v) is 5.70. The van der Waals surface area contributed by atoms with E-state index >= 15 is 0 Å². The van der Waals surface area contributed by atoms with Gasteiger partial charge in [0.15, 0.2) is 0 Å². The van der Waals surface area contributed by atoms with Crippen LogP contribution in [0, 0.1) is 0 Å². The van der Waals surface area contributed by atoms with Crippen LogP contribution in [-0.2, 0) is 27.9 Å². The van der Waals surface area contributed by atoms with E-state index in [4.69, 9.17) is 9.47 Å². The number of nitrogens with zero attached hydrogens (tertiary/aromatic N) is 2. The summed E-state index contributed by atoms with van der Waals surface area (Å²) in [7, 11) is 3.22. The van der Waals surface area contributed by atoms with E-state index in [-0.39, 0.29) is 17.9 Å². The molecule has 0 radical (unpaired) electrons. The van der Waals surface area contributed by atoms with E-state index in [9.17, 15) is 9.59 Å². The van der Waals surface area contributed by atoms with Crippen molar-refractivity contribution in [1.82, 2.24) is 20.4 Å². The zero-order chi connectivity index (χ0) is 20.4. The second-order valence-electron chi connectivity index (χ2n) is 7.64. The van der Waals surface area contributed by atoms with Crippen LogP contribution in [0.3, 0.4) is 0 Å². The number of carbonyl (C=O) groups is 2. The molecule has 154 valence electrons. The average molecular weight is 398 g/mol. The number of benzene rings is 1. The molecule has 0 bridgehead atoms. The van der Waals surface area contributed by atoms with Gasteiger partial charge in [-0.05, 0) is 36.6 Å². The molecule has 4 rings (SSSR count). The van der Waals surface area contributed by atoms with Crippen LogP contribution in [0.5, 0.6) is 5.75 Å². The zero-order valence-electron chi connectivity index (χ0n) is 16.7. The van der Waals surface area contributed by atoms with E-state index in [2.05, 4.69) is 15.7 Å². The lowest BCUT2D eigenvalue weighted by molar-refractivity contribution is -0.124. The molecule has 1 aromatic heterocycles. The summed E-state index contributed by atoms with van der Waals surface area (Å²) in [5, 5.41) is 10.3. The fourth-order valence-electron chi connectivity index (χ4n) is 3.87. The summed E-state index contributed by atoms with van der Waals surface area (Å²) < 4.78 is 11.9. The summed E-state index contributed by atoms with van der Waals surface area (Å²) in [6.45, 7) is 1.48. The summed E-state index contributed by atoms with van der Waals surface area (Å²) in [6.07, 6.45) is 2.38. The minimum Gasteiger partial charge on any atom is -0.497 e. The van der Waals surface area contributed by atoms with Gasteiger partial charge in [-0.25, -0.2) is 0 Å². The van der Waals surface area contributed by atoms with Crippen molar-refractivity contribution in [3.63, 3.8) is 0 Å². The minimum absolute atomic E-state index is 0.00803. The molecule has 0 unspecified atom stereocenters. The van der Waals surface area contributed by atoms with Crippen LogP contribution in [0.4, 0.5) is 0 Å². The van der Waals surface area contributed by atoms with Crippen LogP contribution in [0.2, 0.25) is 0 Å². The van der Waals surface area contributed by atoms with E-state index < -0.39 is 5.41 Å². The molecule has 1 atom stereocenters. The molecular weight excluding hydrogens is 372 g/mol. The molecule has 8 nitrogen and oxygen atoms in total. The first-order valence-electron chi connectivity index (χ1n) is 9.85. The van der Waals surface area contributed by atoms with Gasteiger partial charge in [-0.3, -0.25) is 14.3 Å². The highest BCUT2D eigenvalue weighted by molar-refractivity contribution is 5.92. The number of ether oxygens (including phenoxy) is 2. The van der Waals surface area contributed by atoms with Crippen LogP contribution >= 0.6 is 0 Å². The maximum Gasteiger partial charge on any atom is 0.271 e. The standard InChI is InChI=1S/C21H26N4O4/c1-28-10-9-22-19(26)18-12-16-11-15(13-25(16)24-18)23-20(27)21(7-8-21)14-3-5-17(29-2)6-4-14/h3-6,12,15H,7-11,13H2,1-2H3,(H,22,26)(H,23,27)/t15-/m0/s1. The van der Waals surface area contributed by atoms with Gasteiger partial charge >= 0.3 is 0 Å². The van der Waals surface area contributed by atoms with Crippen molar-refractivity contribution < 1.29 is 19.1 Å². The van der Waals surface area contributed by atoms with Crippen molar-refractivity contribution in [2.24, 2.45) is 0 Å². The largest absolute Gasteiger partial charge is 0.497 e. The minimum atomic E-state index is -0.427. The van der Waals surface area contributed by atoms with Crippen LogP contribution in [-0.4, -0.2) is 55.0 Å². The molecule has 0 saturated heterocycles. The molecular formula is C21H26N4O4. The number of amides is 2. The van der Waals surface area contributed by atoms with Crippen molar-refractivity contribution >= 4 is 11.8 Å². The molecule has 1 fully saturated rings. The lowest BCUT2D eigenvalue weighted by Crippen LogP contribution is -2.42. The lowest BCUT2D eigenvalue weighted by atomic mass is 9.94. The first-order valence-corrected chi connectivity index (χ1v) is 9.85. The number of hydrogen-bond acceptors (Lipinski definition) is 5. The van der Waals surface area contributed by atoms with Crippen molar-refractivity contribution in [1.29, 1.82) is 0 Å². The van der Waals surface area contributed by atoms with Gasteiger partial charge < -0.3 is 20.1 Å². The molecule has 1 aromatic carbocycles. The molecule has 2 amide bonds. The Morgan fingerprint density at radius 2 is 2.00 bits per heavy atom. The van der Waals surface area contributed by atoms with Gasteiger partial charge in [-0.15, -0.1) is 0 Å². The Balaban J connectivity index is 1.35. The molecule has 0 spiro atoms. The molecule has 2 N–H and O–H groups in total. The fraction of sp³-hybridized carbons (Fsp3) is 0.476. The predicted octanol–water partition coefficient (Wildman–Crippen LogP) is 1.04.